The van der Waals surface area contributed by atoms with E-state index in [9.17, 15) is 4.79 Å². The van der Waals surface area contributed by atoms with E-state index in [0.29, 0.717) is 24.7 Å². The Bertz CT molecular complexity index is 1360. The molecule has 3 heterocycles. The molecule has 33 heavy (non-hydrogen) atoms. The molecule has 1 amide bonds. The molecular formula is C25H27ClN6O. The summed E-state index contributed by atoms with van der Waals surface area (Å²) >= 11 is 6.30. The first-order chi connectivity index (χ1) is 15.8. The summed E-state index contributed by atoms with van der Waals surface area (Å²) in [5.41, 5.74) is 3.66. The maximum atomic E-state index is 12.7. The number of aryl methyl sites for hydroxylation is 1. The fraction of sp³-hybridized carbons (Fsp3) is 0.360. The van der Waals surface area contributed by atoms with Gasteiger partial charge in [0, 0.05) is 47.6 Å². The zero-order valence-corrected chi connectivity index (χ0v) is 20.0. The molecule has 0 spiro atoms. The summed E-state index contributed by atoms with van der Waals surface area (Å²) < 4.78 is 2.05. The molecule has 1 atom stereocenters. The highest BCUT2D eigenvalue weighted by Gasteiger charge is 2.31. The molecular weight excluding hydrogens is 436 g/mol. The highest BCUT2D eigenvalue weighted by Crippen LogP contribution is 2.31. The average molecular weight is 463 g/mol. The van der Waals surface area contributed by atoms with Crippen LogP contribution < -0.4 is 4.90 Å². The maximum Gasteiger partial charge on any atom is 0.225 e. The first kappa shape index (κ1) is 21.6. The molecule has 1 aliphatic heterocycles. The molecule has 0 bridgehead atoms. The standard InChI is InChI=1S/C25H27ClN6O/c1-15(2)24(33)31-12-11-30(14-17(31)4)25-27-21-13-18(26)9-10-20(21)23-29-28-22(32(23)25)19-8-6-5-7-16(19)3/h5-10,13,15,17H,11-12,14H2,1-4H3/t17-/m0/s1. The van der Waals surface area contributed by atoms with Crippen molar-refractivity contribution in [2.24, 2.45) is 5.92 Å². The number of rotatable bonds is 3. The number of benzene rings is 2. The molecule has 5 rings (SSSR count). The lowest BCUT2D eigenvalue weighted by Crippen LogP contribution is -2.55. The molecule has 0 radical (unpaired) electrons. The molecule has 1 saturated heterocycles. The quantitative estimate of drug-likeness (QED) is 0.445. The third-order valence-electron chi connectivity index (χ3n) is 6.36. The molecule has 2 aromatic heterocycles. The predicted octanol–water partition coefficient (Wildman–Crippen LogP) is 4.60. The number of halogens is 1. The van der Waals surface area contributed by atoms with Gasteiger partial charge in [0.15, 0.2) is 11.5 Å². The van der Waals surface area contributed by atoms with Crippen LogP contribution in [0.5, 0.6) is 0 Å². The minimum Gasteiger partial charge on any atom is -0.338 e. The topological polar surface area (TPSA) is 66.6 Å². The van der Waals surface area contributed by atoms with Crippen molar-refractivity contribution in [3.05, 3.63) is 53.1 Å². The van der Waals surface area contributed by atoms with Crippen LogP contribution in [0.2, 0.25) is 5.02 Å². The maximum absolute atomic E-state index is 12.7. The van der Waals surface area contributed by atoms with Gasteiger partial charge in [0.1, 0.15) is 0 Å². The number of aromatic nitrogens is 4. The first-order valence-electron chi connectivity index (χ1n) is 11.3. The zero-order valence-electron chi connectivity index (χ0n) is 19.3. The Kier molecular flexibility index (Phi) is 5.44. The number of hydrogen-bond donors (Lipinski definition) is 0. The molecule has 7 nitrogen and oxygen atoms in total. The minimum atomic E-state index is -0.0165. The lowest BCUT2D eigenvalue weighted by Gasteiger charge is -2.41. The van der Waals surface area contributed by atoms with Gasteiger partial charge in [0.05, 0.1) is 5.52 Å². The van der Waals surface area contributed by atoms with Crippen molar-refractivity contribution in [2.75, 3.05) is 24.5 Å². The first-order valence-corrected chi connectivity index (χ1v) is 11.7. The highest BCUT2D eigenvalue weighted by molar-refractivity contribution is 6.31. The SMILES string of the molecule is Cc1ccccc1-c1nnc2c3ccc(Cl)cc3nc(N3CCN(C(=O)C(C)C)[C@@H](C)C3)n12. The Morgan fingerprint density at radius 2 is 1.91 bits per heavy atom. The van der Waals surface area contributed by atoms with Crippen molar-refractivity contribution in [1.29, 1.82) is 0 Å². The van der Waals surface area contributed by atoms with Crippen molar-refractivity contribution < 1.29 is 4.79 Å². The van der Waals surface area contributed by atoms with Crippen molar-refractivity contribution in [2.45, 2.75) is 33.7 Å². The van der Waals surface area contributed by atoms with E-state index in [0.717, 1.165) is 39.4 Å². The summed E-state index contributed by atoms with van der Waals surface area (Å²) in [6, 6.07) is 13.9. The van der Waals surface area contributed by atoms with Gasteiger partial charge in [-0.05, 0) is 37.6 Å². The van der Waals surface area contributed by atoms with Gasteiger partial charge in [-0.3, -0.25) is 4.79 Å². The summed E-state index contributed by atoms with van der Waals surface area (Å²) in [4.78, 5) is 21.9. The molecule has 170 valence electrons. The van der Waals surface area contributed by atoms with Crippen molar-refractivity contribution in [1.82, 2.24) is 24.5 Å². The van der Waals surface area contributed by atoms with Crippen LogP contribution in [0.25, 0.3) is 27.9 Å². The molecule has 0 N–H and O–H groups in total. The van der Waals surface area contributed by atoms with E-state index >= 15 is 0 Å². The third-order valence-corrected chi connectivity index (χ3v) is 6.59. The highest BCUT2D eigenvalue weighted by atomic mass is 35.5. The third kappa shape index (κ3) is 3.70. The van der Waals surface area contributed by atoms with Crippen molar-refractivity contribution >= 4 is 40.0 Å². The van der Waals surface area contributed by atoms with Gasteiger partial charge in [0.2, 0.25) is 11.9 Å². The van der Waals surface area contributed by atoms with Gasteiger partial charge >= 0.3 is 0 Å². The van der Waals surface area contributed by atoms with Gasteiger partial charge in [-0.25, -0.2) is 9.38 Å². The monoisotopic (exact) mass is 462 g/mol. The summed E-state index contributed by atoms with van der Waals surface area (Å²) in [6.07, 6.45) is 0. The van der Waals surface area contributed by atoms with E-state index in [2.05, 4.69) is 41.1 Å². The Morgan fingerprint density at radius 3 is 2.64 bits per heavy atom. The van der Waals surface area contributed by atoms with Crippen LogP contribution in [-0.2, 0) is 4.79 Å². The number of anilines is 1. The second-order valence-corrected chi connectivity index (χ2v) is 9.49. The molecule has 0 saturated carbocycles. The predicted molar refractivity (Wildman–Crippen MR) is 132 cm³/mol. The van der Waals surface area contributed by atoms with E-state index in [1.165, 1.54) is 0 Å². The molecule has 4 aromatic rings. The summed E-state index contributed by atoms with van der Waals surface area (Å²) in [5.74, 6) is 1.70. The molecule has 1 fully saturated rings. The Balaban J connectivity index is 1.68. The smallest absolute Gasteiger partial charge is 0.225 e. The van der Waals surface area contributed by atoms with Gasteiger partial charge in [0.25, 0.3) is 0 Å². The van der Waals surface area contributed by atoms with Gasteiger partial charge < -0.3 is 9.80 Å². The number of amides is 1. The van der Waals surface area contributed by atoms with Crippen LogP contribution in [0.4, 0.5) is 5.95 Å². The van der Waals surface area contributed by atoms with E-state index in [-0.39, 0.29) is 17.9 Å². The van der Waals surface area contributed by atoms with Gasteiger partial charge in [-0.1, -0.05) is 49.7 Å². The van der Waals surface area contributed by atoms with E-state index in [1.54, 1.807) is 0 Å². The number of hydrogen-bond acceptors (Lipinski definition) is 5. The van der Waals surface area contributed by atoms with E-state index < -0.39 is 0 Å². The van der Waals surface area contributed by atoms with E-state index in [1.807, 2.05) is 53.5 Å². The number of carbonyl (C=O) groups excluding carboxylic acids is 1. The largest absolute Gasteiger partial charge is 0.338 e. The zero-order chi connectivity index (χ0) is 23.3. The summed E-state index contributed by atoms with van der Waals surface area (Å²) in [6.45, 7) is 10.1. The van der Waals surface area contributed by atoms with Gasteiger partial charge in [-0.15, -0.1) is 10.2 Å². The Labute approximate surface area is 198 Å². The van der Waals surface area contributed by atoms with Crippen LogP contribution in [0.1, 0.15) is 26.3 Å². The molecule has 2 aromatic carbocycles. The lowest BCUT2D eigenvalue weighted by atomic mass is 10.1. The van der Waals surface area contributed by atoms with Crippen LogP contribution in [0, 0.1) is 12.8 Å². The van der Waals surface area contributed by atoms with Crippen molar-refractivity contribution in [3.8, 4) is 11.4 Å². The van der Waals surface area contributed by atoms with Crippen LogP contribution in [0.15, 0.2) is 42.5 Å². The number of nitrogens with zero attached hydrogens (tertiary/aromatic N) is 6. The Morgan fingerprint density at radius 1 is 1.12 bits per heavy atom. The lowest BCUT2D eigenvalue weighted by molar-refractivity contribution is -0.136. The van der Waals surface area contributed by atoms with Crippen LogP contribution in [0.3, 0.4) is 0 Å². The molecule has 0 aliphatic carbocycles. The van der Waals surface area contributed by atoms with Crippen molar-refractivity contribution in [3.63, 3.8) is 0 Å². The summed E-state index contributed by atoms with van der Waals surface area (Å²) in [7, 11) is 0. The fourth-order valence-corrected chi connectivity index (χ4v) is 4.77. The normalized spacial score (nSPS) is 16.8. The number of fused-ring (bicyclic) bond motifs is 3. The molecule has 1 aliphatic rings. The second-order valence-electron chi connectivity index (χ2n) is 9.05. The van der Waals surface area contributed by atoms with Gasteiger partial charge in [-0.2, -0.15) is 0 Å². The fourth-order valence-electron chi connectivity index (χ4n) is 4.60. The van der Waals surface area contributed by atoms with Crippen LogP contribution >= 0.6 is 11.6 Å². The molecule has 8 heteroatoms. The minimum absolute atomic E-state index is 0.0165. The molecule has 0 unspecified atom stereocenters. The van der Waals surface area contributed by atoms with Crippen LogP contribution in [-0.4, -0.2) is 56.1 Å². The Hall–Kier alpha value is -3.19. The number of piperazine rings is 1. The summed E-state index contributed by atoms with van der Waals surface area (Å²) in [5, 5.41) is 10.7. The number of carbonyl (C=O) groups is 1. The average Bonchev–Trinajstić information content (AvgIpc) is 3.23. The second kappa shape index (κ2) is 8.30. The van der Waals surface area contributed by atoms with E-state index in [4.69, 9.17) is 16.6 Å².